The molecule has 2 heterocycles. The van der Waals surface area contributed by atoms with Crippen molar-refractivity contribution in [3.05, 3.63) is 180 Å². The summed E-state index contributed by atoms with van der Waals surface area (Å²) in [7, 11) is 0. The van der Waals surface area contributed by atoms with Crippen LogP contribution in [-0.2, 0) is 0 Å². The highest BCUT2D eigenvalue weighted by molar-refractivity contribution is 6.24. The molecule has 9 rings (SSSR count). The van der Waals surface area contributed by atoms with Gasteiger partial charge < -0.3 is 9.73 Å². The maximum absolute atomic E-state index is 6.80. The zero-order valence-corrected chi connectivity index (χ0v) is 25.5. The molecule has 1 aliphatic heterocycles. The van der Waals surface area contributed by atoms with Crippen molar-refractivity contribution in [2.24, 2.45) is 9.98 Å². The highest BCUT2D eigenvalue weighted by atomic mass is 16.3. The van der Waals surface area contributed by atoms with Crippen LogP contribution in [0.5, 0.6) is 0 Å². The van der Waals surface area contributed by atoms with Crippen molar-refractivity contribution in [3.63, 3.8) is 0 Å². The molecule has 4 heteroatoms. The summed E-state index contributed by atoms with van der Waals surface area (Å²) in [6, 6.07) is 56.9. The van der Waals surface area contributed by atoms with Gasteiger partial charge in [0.2, 0.25) is 0 Å². The van der Waals surface area contributed by atoms with Crippen LogP contribution < -0.4 is 5.32 Å². The van der Waals surface area contributed by atoms with Crippen LogP contribution in [0.15, 0.2) is 178 Å². The second-order valence-electron chi connectivity index (χ2n) is 11.8. The smallest absolute Gasteiger partial charge is 0.159 e. The van der Waals surface area contributed by atoms with Crippen LogP contribution in [-0.4, -0.2) is 11.7 Å². The van der Waals surface area contributed by atoms with Gasteiger partial charge in [-0.2, -0.15) is 0 Å². The Morgan fingerprint density at radius 2 is 1.09 bits per heavy atom. The molecule has 0 saturated heterocycles. The van der Waals surface area contributed by atoms with Crippen molar-refractivity contribution in [2.45, 2.75) is 6.17 Å². The highest BCUT2D eigenvalue weighted by Crippen LogP contribution is 2.40. The Hall–Kier alpha value is -6.26. The summed E-state index contributed by atoms with van der Waals surface area (Å²) >= 11 is 0. The summed E-state index contributed by atoms with van der Waals surface area (Å²) in [6.07, 6.45) is -0.293. The summed E-state index contributed by atoms with van der Waals surface area (Å²) in [6.45, 7) is 0. The molecular formula is C43H29N3O. The number of fused-ring (bicyclic) bond motifs is 4. The zero-order chi connectivity index (χ0) is 31.2. The Kier molecular flexibility index (Phi) is 6.50. The average Bonchev–Trinajstić information content (AvgIpc) is 3.53. The van der Waals surface area contributed by atoms with Gasteiger partial charge in [-0.1, -0.05) is 140 Å². The Labute approximate surface area is 272 Å². The second-order valence-corrected chi connectivity index (χ2v) is 11.8. The van der Waals surface area contributed by atoms with E-state index in [9.17, 15) is 0 Å². The Morgan fingerprint density at radius 3 is 1.81 bits per heavy atom. The number of nitrogens with one attached hydrogen (secondary N) is 1. The highest BCUT2D eigenvalue weighted by Gasteiger charge is 2.25. The molecule has 1 unspecified atom stereocenters. The molecule has 0 radical (unpaired) electrons. The number of amidine groups is 2. The molecule has 1 atom stereocenters. The standard InChI is InChI=1S/C43H29N3O/c1-4-12-28(13-5-1)29-20-22-30(23-21-29)35-24-25-36(39-37-26-33-18-10-11-19-34(33)27-38(37)47-40(35)39)43-45-41(31-14-6-2-7-15-31)44-42(46-43)32-16-8-3-9-17-32/h1-27,41H,(H,44,45,46). The molecule has 7 aromatic carbocycles. The molecule has 47 heavy (non-hydrogen) atoms. The molecule has 0 fully saturated rings. The molecule has 0 saturated carbocycles. The third-order valence-electron chi connectivity index (χ3n) is 8.93. The van der Waals surface area contributed by atoms with Crippen LogP contribution in [0, 0.1) is 0 Å². The van der Waals surface area contributed by atoms with Crippen molar-refractivity contribution < 1.29 is 4.42 Å². The maximum atomic E-state index is 6.80. The van der Waals surface area contributed by atoms with E-state index < -0.39 is 0 Å². The molecule has 0 aliphatic carbocycles. The predicted octanol–water partition coefficient (Wildman–Crippen LogP) is 10.6. The summed E-state index contributed by atoms with van der Waals surface area (Å²) in [4.78, 5) is 10.2. The van der Waals surface area contributed by atoms with Gasteiger partial charge in [-0.15, -0.1) is 0 Å². The van der Waals surface area contributed by atoms with Gasteiger partial charge in [0.1, 0.15) is 23.2 Å². The number of nitrogens with zero attached hydrogens (tertiary/aromatic N) is 2. The van der Waals surface area contributed by atoms with E-state index in [1.54, 1.807) is 0 Å². The van der Waals surface area contributed by atoms with Gasteiger partial charge in [-0.3, -0.25) is 0 Å². The van der Waals surface area contributed by atoms with E-state index in [0.29, 0.717) is 5.84 Å². The van der Waals surface area contributed by atoms with E-state index in [-0.39, 0.29) is 6.17 Å². The quantitative estimate of drug-likeness (QED) is 0.213. The van der Waals surface area contributed by atoms with Gasteiger partial charge in [0.05, 0.1) is 0 Å². The number of hydrogen-bond donors (Lipinski definition) is 1. The third-order valence-corrected chi connectivity index (χ3v) is 8.93. The summed E-state index contributed by atoms with van der Waals surface area (Å²) in [5, 5.41) is 8.07. The van der Waals surface area contributed by atoms with Gasteiger partial charge in [0.15, 0.2) is 5.84 Å². The Bertz CT molecular complexity index is 2460. The van der Waals surface area contributed by atoms with Crippen molar-refractivity contribution in [1.82, 2.24) is 5.32 Å². The van der Waals surface area contributed by atoms with Gasteiger partial charge in [-0.25, -0.2) is 9.98 Å². The lowest BCUT2D eigenvalue weighted by Crippen LogP contribution is -2.33. The van der Waals surface area contributed by atoms with Crippen molar-refractivity contribution in [2.75, 3.05) is 0 Å². The molecule has 222 valence electrons. The van der Waals surface area contributed by atoms with E-state index >= 15 is 0 Å². The van der Waals surface area contributed by atoms with Crippen LogP contribution in [0.2, 0.25) is 0 Å². The van der Waals surface area contributed by atoms with Gasteiger partial charge in [0, 0.05) is 27.5 Å². The van der Waals surface area contributed by atoms with Crippen LogP contribution in [0.3, 0.4) is 0 Å². The largest absolute Gasteiger partial charge is 0.455 e. The second kappa shape index (κ2) is 11.3. The van der Waals surface area contributed by atoms with Crippen molar-refractivity contribution in [3.8, 4) is 22.3 Å². The fourth-order valence-corrected chi connectivity index (χ4v) is 6.57. The van der Waals surface area contributed by atoms with Crippen molar-refractivity contribution in [1.29, 1.82) is 0 Å². The minimum Gasteiger partial charge on any atom is -0.455 e. The maximum Gasteiger partial charge on any atom is 0.159 e. The lowest BCUT2D eigenvalue weighted by atomic mass is 9.95. The van der Waals surface area contributed by atoms with Gasteiger partial charge >= 0.3 is 0 Å². The molecule has 1 aliphatic rings. The SMILES string of the molecule is c1ccc(C2=NC(c3ccccc3)NC(c3ccc(-c4ccc(-c5ccccc5)cc4)c4oc5cc6ccccc6cc5c34)=N2)cc1. The number of aliphatic imine (C=N–C) groups is 2. The van der Waals surface area contributed by atoms with E-state index in [4.69, 9.17) is 14.4 Å². The minimum absolute atomic E-state index is 0.293. The van der Waals surface area contributed by atoms with Crippen LogP contribution in [0.1, 0.15) is 22.9 Å². The first-order valence-electron chi connectivity index (χ1n) is 15.9. The molecule has 1 N–H and O–H groups in total. The summed E-state index contributed by atoms with van der Waals surface area (Å²) < 4.78 is 6.80. The van der Waals surface area contributed by atoms with Gasteiger partial charge in [-0.05, 0) is 57.3 Å². The minimum atomic E-state index is -0.293. The monoisotopic (exact) mass is 603 g/mol. The zero-order valence-electron chi connectivity index (χ0n) is 25.5. The van der Waals surface area contributed by atoms with Crippen LogP contribution in [0.25, 0.3) is 55.0 Å². The first-order valence-corrected chi connectivity index (χ1v) is 15.9. The number of rotatable bonds is 5. The van der Waals surface area contributed by atoms with Crippen LogP contribution in [0.4, 0.5) is 0 Å². The van der Waals surface area contributed by atoms with Crippen LogP contribution >= 0.6 is 0 Å². The topological polar surface area (TPSA) is 49.9 Å². The summed E-state index contributed by atoms with van der Waals surface area (Å²) in [5.41, 5.74) is 9.21. The van der Waals surface area contributed by atoms with E-state index in [1.807, 2.05) is 42.5 Å². The first-order chi connectivity index (χ1) is 23.3. The Balaban J connectivity index is 1.26. The molecular weight excluding hydrogens is 574 g/mol. The molecule has 8 aromatic rings. The van der Waals surface area contributed by atoms with Gasteiger partial charge in [0.25, 0.3) is 0 Å². The predicted molar refractivity (Wildman–Crippen MR) is 194 cm³/mol. The fraction of sp³-hybridized carbons (Fsp3) is 0.0233. The first kappa shape index (κ1) is 27.1. The van der Waals surface area contributed by atoms with E-state index in [2.05, 4.69) is 127 Å². The molecule has 1 aromatic heterocycles. The normalized spacial score (nSPS) is 14.6. The lowest BCUT2D eigenvalue weighted by Gasteiger charge is -2.24. The molecule has 0 amide bonds. The van der Waals surface area contributed by atoms with Crippen molar-refractivity contribution >= 4 is 44.4 Å². The lowest BCUT2D eigenvalue weighted by molar-refractivity contribution is 0.669. The third kappa shape index (κ3) is 4.88. The molecule has 0 bridgehead atoms. The van der Waals surface area contributed by atoms with E-state index in [0.717, 1.165) is 61.0 Å². The average molecular weight is 604 g/mol. The van der Waals surface area contributed by atoms with E-state index in [1.165, 1.54) is 16.5 Å². The molecule has 4 nitrogen and oxygen atoms in total. The number of benzene rings is 7. The number of hydrogen-bond acceptors (Lipinski definition) is 4. The molecule has 0 spiro atoms. The summed E-state index contributed by atoms with van der Waals surface area (Å²) in [5.74, 6) is 1.46. The Morgan fingerprint density at radius 1 is 0.511 bits per heavy atom. The fourth-order valence-electron chi connectivity index (χ4n) is 6.57. The number of furan rings is 1.